The molecule has 0 bridgehead atoms. The highest BCUT2D eigenvalue weighted by molar-refractivity contribution is 5.92. The van der Waals surface area contributed by atoms with Crippen molar-refractivity contribution in [2.45, 2.75) is 33.1 Å². The van der Waals surface area contributed by atoms with Crippen molar-refractivity contribution in [3.63, 3.8) is 0 Å². The first-order valence-corrected chi connectivity index (χ1v) is 7.90. The van der Waals surface area contributed by atoms with Gasteiger partial charge in [-0.1, -0.05) is 6.07 Å². The van der Waals surface area contributed by atoms with Crippen molar-refractivity contribution in [1.82, 2.24) is 0 Å². The Morgan fingerprint density at radius 2 is 2.00 bits per heavy atom. The van der Waals surface area contributed by atoms with Gasteiger partial charge in [-0.3, -0.25) is 0 Å². The lowest BCUT2D eigenvalue weighted by molar-refractivity contribution is -0.274. The van der Waals surface area contributed by atoms with Gasteiger partial charge in [-0.25, -0.2) is 4.79 Å². The molecule has 2 rings (SSSR count). The zero-order valence-corrected chi connectivity index (χ0v) is 14.8. The Balaban J connectivity index is 2.64. The highest BCUT2D eigenvalue weighted by Gasteiger charge is 2.37. The number of aryl methyl sites for hydroxylation is 1. The number of benzene rings is 1. The number of esters is 1. The van der Waals surface area contributed by atoms with Gasteiger partial charge >= 0.3 is 12.3 Å². The van der Waals surface area contributed by atoms with Gasteiger partial charge in [-0.2, -0.15) is 5.26 Å². The van der Waals surface area contributed by atoms with Gasteiger partial charge in [-0.05, 0) is 44.0 Å². The summed E-state index contributed by atoms with van der Waals surface area (Å²) in [7, 11) is 0. The minimum atomic E-state index is -4.89. The van der Waals surface area contributed by atoms with E-state index in [2.05, 4.69) is 4.74 Å². The summed E-state index contributed by atoms with van der Waals surface area (Å²) in [5, 5.41) is 9.48. The van der Waals surface area contributed by atoms with Crippen molar-refractivity contribution in [2.24, 2.45) is 5.73 Å². The fourth-order valence-electron chi connectivity index (χ4n) is 2.82. The number of alkyl halides is 3. The Morgan fingerprint density at radius 1 is 1.33 bits per heavy atom. The topological polar surface area (TPSA) is 94.6 Å². The summed E-state index contributed by atoms with van der Waals surface area (Å²) in [5.41, 5.74) is 6.31. The molecule has 2 N–H and O–H groups in total. The van der Waals surface area contributed by atoms with Crippen molar-refractivity contribution in [3.05, 3.63) is 52.1 Å². The number of nitriles is 1. The number of nitrogens with two attached hydrogens (primary N) is 1. The Labute approximate surface area is 153 Å². The molecule has 9 heteroatoms. The number of ether oxygens (including phenoxy) is 3. The van der Waals surface area contributed by atoms with Crippen LogP contribution < -0.4 is 10.5 Å². The highest BCUT2D eigenvalue weighted by atomic mass is 19.4. The van der Waals surface area contributed by atoms with Gasteiger partial charge in [0.05, 0.1) is 18.1 Å². The molecule has 1 atom stereocenters. The van der Waals surface area contributed by atoms with Crippen LogP contribution in [-0.2, 0) is 14.3 Å². The van der Waals surface area contributed by atoms with E-state index in [9.17, 15) is 23.2 Å². The molecule has 0 saturated heterocycles. The van der Waals surface area contributed by atoms with Crippen LogP contribution in [0.5, 0.6) is 5.75 Å². The third-order valence-electron chi connectivity index (χ3n) is 3.74. The molecule has 1 aromatic rings. The van der Waals surface area contributed by atoms with E-state index in [4.69, 9.17) is 15.2 Å². The van der Waals surface area contributed by atoms with Crippen LogP contribution in [0.25, 0.3) is 0 Å². The Morgan fingerprint density at radius 3 is 2.56 bits per heavy atom. The summed E-state index contributed by atoms with van der Waals surface area (Å²) in [5.74, 6) is -2.39. The normalized spacial score (nSPS) is 17.3. The number of hydrogen-bond acceptors (Lipinski definition) is 6. The molecule has 0 aromatic heterocycles. The molecule has 1 heterocycles. The minimum absolute atomic E-state index is 0.00819. The maximum absolute atomic E-state index is 12.6. The second-order valence-electron chi connectivity index (χ2n) is 5.74. The van der Waals surface area contributed by atoms with Crippen molar-refractivity contribution >= 4 is 5.97 Å². The lowest BCUT2D eigenvalue weighted by atomic mass is 9.82. The zero-order valence-electron chi connectivity index (χ0n) is 14.8. The quantitative estimate of drug-likeness (QED) is 0.801. The molecule has 0 saturated carbocycles. The first-order valence-electron chi connectivity index (χ1n) is 7.90. The van der Waals surface area contributed by atoms with E-state index >= 15 is 0 Å². The molecule has 0 aliphatic carbocycles. The molecule has 0 amide bonds. The second-order valence-corrected chi connectivity index (χ2v) is 5.74. The van der Waals surface area contributed by atoms with E-state index < -0.39 is 24.0 Å². The number of carbonyl (C=O) groups excluding carboxylic acids is 1. The molecule has 0 spiro atoms. The van der Waals surface area contributed by atoms with Gasteiger partial charge in [0.2, 0.25) is 5.88 Å². The van der Waals surface area contributed by atoms with E-state index in [1.165, 1.54) is 19.1 Å². The number of allylic oxidation sites excluding steroid dienone is 2. The predicted octanol–water partition coefficient (Wildman–Crippen LogP) is 3.54. The Kier molecular flexibility index (Phi) is 5.69. The van der Waals surface area contributed by atoms with Crippen molar-refractivity contribution in [1.29, 1.82) is 5.26 Å². The second kappa shape index (κ2) is 7.61. The maximum Gasteiger partial charge on any atom is 0.573 e. The van der Waals surface area contributed by atoms with E-state index in [0.717, 1.165) is 6.07 Å². The predicted molar refractivity (Wildman–Crippen MR) is 87.8 cm³/mol. The zero-order chi connectivity index (χ0) is 20.4. The first kappa shape index (κ1) is 20.2. The molecule has 0 radical (unpaired) electrons. The van der Waals surface area contributed by atoms with Crippen molar-refractivity contribution < 1.29 is 32.2 Å². The fraction of sp³-hybridized carbons (Fsp3) is 0.333. The molecule has 27 heavy (non-hydrogen) atoms. The molecule has 6 nitrogen and oxygen atoms in total. The molecular formula is C18H17F3N2O4. The van der Waals surface area contributed by atoms with Gasteiger partial charge < -0.3 is 19.9 Å². The van der Waals surface area contributed by atoms with E-state index in [-0.39, 0.29) is 35.0 Å². The van der Waals surface area contributed by atoms with Crippen molar-refractivity contribution in [3.8, 4) is 11.8 Å². The van der Waals surface area contributed by atoms with Gasteiger partial charge in [0.15, 0.2) is 0 Å². The molecule has 144 valence electrons. The summed E-state index contributed by atoms with van der Waals surface area (Å²) in [6, 6.07) is 5.69. The molecule has 0 fully saturated rings. The smallest absolute Gasteiger partial charge is 0.463 e. The van der Waals surface area contributed by atoms with Gasteiger partial charge in [0, 0.05) is 0 Å². The average Bonchev–Trinajstić information content (AvgIpc) is 2.52. The largest absolute Gasteiger partial charge is 0.573 e. The first-order chi connectivity index (χ1) is 12.6. The van der Waals surface area contributed by atoms with Crippen LogP contribution in [-0.4, -0.2) is 18.9 Å². The van der Waals surface area contributed by atoms with E-state index in [1.54, 1.807) is 13.8 Å². The molecule has 1 aliphatic rings. The van der Waals surface area contributed by atoms with Crippen LogP contribution in [0.15, 0.2) is 41.0 Å². The molecule has 1 aromatic carbocycles. The third kappa shape index (κ3) is 4.53. The summed E-state index contributed by atoms with van der Waals surface area (Å²) in [6.07, 6.45) is -4.89. The summed E-state index contributed by atoms with van der Waals surface area (Å²) < 4.78 is 52.1. The van der Waals surface area contributed by atoms with Crippen LogP contribution in [0.3, 0.4) is 0 Å². The summed E-state index contributed by atoms with van der Waals surface area (Å²) in [6.45, 7) is 4.69. The maximum atomic E-state index is 12.6. The van der Waals surface area contributed by atoms with Crippen LogP contribution in [0.1, 0.15) is 30.9 Å². The number of nitrogens with zero attached hydrogens (tertiary/aromatic N) is 1. The molecular weight excluding hydrogens is 365 g/mol. The van der Waals surface area contributed by atoms with Gasteiger partial charge in [-0.15, -0.1) is 13.2 Å². The van der Waals surface area contributed by atoms with Crippen LogP contribution in [0.4, 0.5) is 13.2 Å². The Bertz CT molecular complexity index is 866. The van der Waals surface area contributed by atoms with Crippen molar-refractivity contribution in [2.75, 3.05) is 6.61 Å². The summed E-state index contributed by atoms with van der Waals surface area (Å²) in [4.78, 5) is 12.4. The standard InChI is InChI=1S/C18H17F3N2O4/c1-4-25-17(24)14-10(3)26-16(23)13(8-22)15(14)11-5-9(2)6-12(7-11)27-18(19,20)21/h5-7,15H,4,23H2,1-3H3. The summed E-state index contributed by atoms with van der Waals surface area (Å²) >= 11 is 0. The van der Waals surface area contributed by atoms with Crippen LogP contribution in [0.2, 0.25) is 0 Å². The van der Waals surface area contributed by atoms with E-state index in [0.29, 0.717) is 5.56 Å². The average molecular weight is 382 g/mol. The lowest BCUT2D eigenvalue weighted by Crippen LogP contribution is -2.25. The molecule has 1 aliphatic heterocycles. The molecule has 1 unspecified atom stereocenters. The number of rotatable bonds is 4. The number of hydrogen-bond donors (Lipinski definition) is 1. The van der Waals surface area contributed by atoms with Crippen LogP contribution >= 0.6 is 0 Å². The highest BCUT2D eigenvalue weighted by Crippen LogP contribution is 2.41. The Hall–Kier alpha value is -3.15. The third-order valence-corrected chi connectivity index (χ3v) is 3.74. The monoisotopic (exact) mass is 382 g/mol. The van der Waals surface area contributed by atoms with E-state index in [1.807, 2.05) is 6.07 Å². The van der Waals surface area contributed by atoms with Gasteiger partial charge in [0.1, 0.15) is 23.2 Å². The fourth-order valence-corrected chi connectivity index (χ4v) is 2.82. The lowest BCUT2D eigenvalue weighted by Gasteiger charge is -2.27. The SMILES string of the molecule is CCOC(=O)C1=C(C)OC(N)=C(C#N)C1c1cc(C)cc(OC(F)(F)F)c1. The number of halogens is 3. The number of carbonyl (C=O) groups is 1. The minimum Gasteiger partial charge on any atom is -0.463 e. The van der Waals surface area contributed by atoms with Gasteiger partial charge in [0.25, 0.3) is 0 Å². The van der Waals surface area contributed by atoms with Crippen LogP contribution in [0, 0.1) is 18.3 Å².